The van der Waals surface area contributed by atoms with E-state index in [2.05, 4.69) is 21.2 Å². The Morgan fingerprint density at radius 2 is 1.96 bits per heavy atom. The molecule has 126 valence electrons. The van der Waals surface area contributed by atoms with Gasteiger partial charge >= 0.3 is 5.97 Å². The average molecular weight is 396 g/mol. The molecule has 0 unspecified atom stereocenters. The topological polar surface area (TPSA) is 64.6 Å². The largest absolute Gasteiger partial charge is 0.483 e. The average Bonchev–Trinajstić information content (AvgIpc) is 2.56. The van der Waals surface area contributed by atoms with Gasteiger partial charge in [-0.3, -0.25) is 4.79 Å². The summed E-state index contributed by atoms with van der Waals surface area (Å²) in [5.74, 6) is -1.42. The Kier molecular flexibility index (Phi) is 6.31. The maximum atomic E-state index is 13.7. The molecule has 2 rings (SSSR count). The molecule has 24 heavy (non-hydrogen) atoms. The fourth-order valence-electron chi connectivity index (χ4n) is 1.89. The van der Waals surface area contributed by atoms with Crippen LogP contribution >= 0.6 is 15.9 Å². The second-order valence-corrected chi connectivity index (χ2v) is 5.59. The van der Waals surface area contributed by atoms with Crippen LogP contribution in [0.25, 0.3) is 0 Å². The molecule has 0 heterocycles. The molecule has 0 aliphatic carbocycles. The van der Waals surface area contributed by atoms with Gasteiger partial charge < -0.3 is 14.8 Å². The summed E-state index contributed by atoms with van der Waals surface area (Å²) in [6.07, 6.45) is 0. The lowest BCUT2D eigenvalue weighted by Crippen LogP contribution is -2.21. The van der Waals surface area contributed by atoms with Gasteiger partial charge in [0.15, 0.2) is 6.61 Å². The van der Waals surface area contributed by atoms with Crippen LogP contribution < -0.4 is 10.1 Å². The molecular formula is C17H15BrFNO4. The summed E-state index contributed by atoms with van der Waals surface area (Å²) in [6, 6.07) is 10.7. The fourth-order valence-corrected chi connectivity index (χ4v) is 2.22. The predicted octanol–water partition coefficient (Wildman–Crippen LogP) is 3.78. The van der Waals surface area contributed by atoms with E-state index < -0.39 is 17.7 Å². The van der Waals surface area contributed by atoms with Crippen LogP contribution in [0.15, 0.2) is 46.9 Å². The number of amides is 1. The monoisotopic (exact) mass is 395 g/mol. The Hall–Kier alpha value is -2.41. The van der Waals surface area contributed by atoms with Crippen molar-refractivity contribution in [2.75, 3.05) is 18.5 Å². The Balaban J connectivity index is 2.00. The molecule has 1 amide bonds. The van der Waals surface area contributed by atoms with E-state index in [1.54, 1.807) is 37.3 Å². The summed E-state index contributed by atoms with van der Waals surface area (Å²) in [7, 11) is 0. The Morgan fingerprint density at radius 3 is 2.67 bits per heavy atom. The summed E-state index contributed by atoms with van der Waals surface area (Å²) < 4.78 is 24.5. The lowest BCUT2D eigenvalue weighted by molar-refractivity contribution is -0.118. The number of rotatable bonds is 6. The second kappa shape index (κ2) is 8.44. The van der Waals surface area contributed by atoms with E-state index in [1.165, 1.54) is 12.1 Å². The highest BCUT2D eigenvalue weighted by atomic mass is 79.9. The predicted molar refractivity (Wildman–Crippen MR) is 90.6 cm³/mol. The van der Waals surface area contributed by atoms with E-state index in [0.29, 0.717) is 4.47 Å². The number of hydrogen-bond acceptors (Lipinski definition) is 4. The highest BCUT2D eigenvalue weighted by Gasteiger charge is 2.14. The van der Waals surface area contributed by atoms with E-state index in [-0.39, 0.29) is 30.2 Å². The van der Waals surface area contributed by atoms with Gasteiger partial charge in [0.05, 0.1) is 12.3 Å². The van der Waals surface area contributed by atoms with Crippen LogP contribution in [0.1, 0.15) is 17.3 Å². The molecule has 0 saturated carbocycles. The van der Waals surface area contributed by atoms with Crippen LogP contribution in [0.3, 0.4) is 0 Å². The SMILES string of the molecule is CCOC(=O)c1ccccc1OCC(=O)Nc1ccc(Br)cc1F. The molecule has 0 atom stereocenters. The molecule has 0 aliphatic heterocycles. The van der Waals surface area contributed by atoms with E-state index in [9.17, 15) is 14.0 Å². The van der Waals surface area contributed by atoms with Crippen molar-refractivity contribution in [2.24, 2.45) is 0 Å². The highest BCUT2D eigenvalue weighted by Crippen LogP contribution is 2.21. The minimum Gasteiger partial charge on any atom is -0.483 e. The number of para-hydroxylation sites is 1. The van der Waals surface area contributed by atoms with Gasteiger partial charge in [0.2, 0.25) is 0 Å². The van der Waals surface area contributed by atoms with Crippen LogP contribution in [-0.4, -0.2) is 25.1 Å². The molecule has 2 aromatic rings. The molecule has 0 bridgehead atoms. The fraction of sp³-hybridized carbons (Fsp3) is 0.176. The van der Waals surface area contributed by atoms with Gasteiger partial charge in [0.25, 0.3) is 5.91 Å². The maximum absolute atomic E-state index is 13.7. The van der Waals surface area contributed by atoms with Crippen LogP contribution in [0, 0.1) is 5.82 Å². The summed E-state index contributed by atoms with van der Waals surface area (Å²) in [5.41, 5.74) is 0.271. The third-order valence-electron chi connectivity index (χ3n) is 2.95. The third kappa shape index (κ3) is 4.79. The van der Waals surface area contributed by atoms with Gasteiger partial charge in [-0.25, -0.2) is 9.18 Å². The molecule has 7 heteroatoms. The molecule has 0 aromatic heterocycles. The van der Waals surface area contributed by atoms with Crippen molar-refractivity contribution in [3.63, 3.8) is 0 Å². The first kappa shape index (κ1) is 17.9. The zero-order valence-corrected chi connectivity index (χ0v) is 14.4. The number of halogens is 2. The standard InChI is InChI=1S/C17H15BrFNO4/c1-2-23-17(22)12-5-3-4-6-15(12)24-10-16(21)20-14-8-7-11(18)9-13(14)19/h3-9H,2,10H2,1H3,(H,20,21). The second-order valence-electron chi connectivity index (χ2n) is 4.68. The number of nitrogens with one attached hydrogen (secondary N) is 1. The van der Waals surface area contributed by atoms with Gasteiger partial charge in [0.1, 0.15) is 17.1 Å². The molecule has 0 fully saturated rings. The minimum atomic E-state index is -0.565. The Labute approximate surface area is 146 Å². The molecule has 0 spiro atoms. The van der Waals surface area contributed by atoms with Gasteiger partial charge in [-0.2, -0.15) is 0 Å². The van der Waals surface area contributed by atoms with E-state index >= 15 is 0 Å². The summed E-state index contributed by atoms with van der Waals surface area (Å²) in [6.45, 7) is 1.56. The molecule has 5 nitrogen and oxygen atoms in total. The van der Waals surface area contributed by atoms with Gasteiger partial charge in [-0.15, -0.1) is 0 Å². The van der Waals surface area contributed by atoms with Crippen molar-refractivity contribution in [3.8, 4) is 5.75 Å². The number of benzene rings is 2. The number of carbonyl (C=O) groups excluding carboxylic acids is 2. The van der Waals surface area contributed by atoms with Crippen molar-refractivity contribution in [1.29, 1.82) is 0 Å². The van der Waals surface area contributed by atoms with Crippen molar-refractivity contribution in [1.82, 2.24) is 0 Å². The van der Waals surface area contributed by atoms with E-state index in [1.807, 2.05) is 0 Å². The minimum absolute atomic E-state index is 0.0467. The highest BCUT2D eigenvalue weighted by molar-refractivity contribution is 9.10. The maximum Gasteiger partial charge on any atom is 0.341 e. The quantitative estimate of drug-likeness (QED) is 0.755. The summed E-state index contributed by atoms with van der Waals surface area (Å²) >= 11 is 3.14. The zero-order valence-electron chi connectivity index (χ0n) is 12.8. The normalized spacial score (nSPS) is 10.1. The smallest absolute Gasteiger partial charge is 0.341 e. The molecule has 2 aromatic carbocycles. The van der Waals surface area contributed by atoms with Crippen LogP contribution in [0.5, 0.6) is 5.75 Å². The first-order valence-corrected chi connectivity index (χ1v) is 7.94. The number of ether oxygens (including phenoxy) is 2. The summed E-state index contributed by atoms with van der Waals surface area (Å²) in [4.78, 5) is 23.7. The van der Waals surface area contributed by atoms with Gasteiger partial charge in [-0.05, 0) is 37.3 Å². The Bertz CT molecular complexity index is 751. The van der Waals surface area contributed by atoms with Crippen LogP contribution in [0.2, 0.25) is 0 Å². The lowest BCUT2D eigenvalue weighted by atomic mass is 10.2. The third-order valence-corrected chi connectivity index (χ3v) is 3.44. The lowest BCUT2D eigenvalue weighted by Gasteiger charge is -2.11. The van der Waals surface area contributed by atoms with Gasteiger partial charge in [0, 0.05) is 4.47 Å². The van der Waals surface area contributed by atoms with Gasteiger partial charge in [-0.1, -0.05) is 28.1 Å². The van der Waals surface area contributed by atoms with E-state index in [4.69, 9.17) is 9.47 Å². The molecule has 1 N–H and O–H groups in total. The number of hydrogen-bond donors (Lipinski definition) is 1. The van der Waals surface area contributed by atoms with E-state index in [0.717, 1.165) is 0 Å². The van der Waals surface area contributed by atoms with Crippen LogP contribution in [-0.2, 0) is 9.53 Å². The molecular weight excluding hydrogens is 381 g/mol. The van der Waals surface area contributed by atoms with Crippen molar-refractivity contribution < 1.29 is 23.5 Å². The van der Waals surface area contributed by atoms with Crippen molar-refractivity contribution in [3.05, 3.63) is 58.3 Å². The number of anilines is 1. The van der Waals surface area contributed by atoms with Crippen LogP contribution in [0.4, 0.5) is 10.1 Å². The van der Waals surface area contributed by atoms with Crippen molar-refractivity contribution in [2.45, 2.75) is 6.92 Å². The number of esters is 1. The number of carbonyl (C=O) groups is 2. The molecule has 0 radical (unpaired) electrons. The van der Waals surface area contributed by atoms with Crippen molar-refractivity contribution >= 4 is 33.5 Å². The Morgan fingerprint density at radius 1 is 1.21 bits per heavy atom. The molecule has 0 saturated heterocycles. The first-order valence-electron chi connectivity index (χ1n) is 7.15. The first-order chi connectivity index (χ1) is 11.5. The summed E-state index contributed by atoms with van der Waals surface area (Å²) in [5, 5.41) is 2.41. The molecule has 0 aliphatic rings. The zero-order chi connectivity index (χ0) is 17.5.